The Morgan fingerprint density at radius 2 is 1.52 bits per heavy atom. The quantitative estimate of drug-likeness (QED) is 0.640. The van der Waals surface area contributed by atoms with Crippen molar-refractivity contribution < 1.29 is 9.59 Å². The van der Waals surface area contributed by atoms with Gasteiger partial charge in [-0.25, -0.2) is 0 Å². The number of anilines is 1. The van der Waals surface area contributed by atoms with Gasteiger partial charge in [-0.05, 0) is 6.07 Å². The molecule has 5 nitrogen and oxygen atoms in total. The summed E-state index contributed by atoms with van der Waals surface area (Å²) in [5, 5.41) is 19.2. The molecule has 2 aromatic carbocycles. The van der Waals surface area contributed by atoms with Gasteiger partial charge in [0.05, 0.1) is 17.1 Å². The van der Waals surface area contributed by atoms with E-state index in [-0.39, 0.29) is 22.7 Å². The number of carbonyl (C=O) groups is 2. The minimum atomic E-state index is 0.199. The first kappa shape index (κ1) is 12.9. The van der Waals surface area contributed by atoms with E-state index >= 15 is 0 Å². The van der Waals surface area contributed by atoms with Gasteiger partial charge < -0.3 is 5.32 Å². The first-order valence-electron chi connectivity index (χ1n) is 6.29. The van der Waals surface area contributed by atoms with E-state index in [9.17, 15) is 9.59 Å². The van der Waals surface area contributed by atoms with Gasteiger partial charge in [-0.1, -0.05) is 30.3 Å². The van der Waals surface area contributed by atoms with Crippen LogP contribution in [-0.4, -0.2) is 24.1 Å². The Morgan fingerprint density at radius 3 is 2.14 bits per heavy atom. The summed E-state index contributed by atoms with van der Waals surface area (Å²) in [4.78, 5) is 22.0. The van der Waals surface area contributed by atoms with Gasteiger partial charge in [0.1, 0.15) is 0 Å². The van der Waals surface area contributed by atoms with Crippen molar-refractivity contribution in [3.63, 3.8) is 0 Å². The molecular weight excluding hydrogens is 266 g/mol. The highest BCUT2D eigenvalue weighted by molar-refractivity contribution is 6.32. The summed E-state index contributed by atoms with van der Waals surface area (Å²) in [5.74, 6) is 0. The van der Waals surface area contributed by atoms with Crippen molar-refractivity contribution in [2.75, 3.05) is 5.32 Å². The van der Waals surface area contributed by atoms with Crippen molar-refractivity contribution in [2.24, 2.45) is 0 Å². The molecule has 0 radical (unpaired) electrons. The van der Waals surface area contributed by atoms with Gasteiger partial charge in [-0.2, -0.15) is 0 Å². The maximum absolute atomic E-state index is 11.1. The normalized spacial score (nSPS) is 12.4. The molecule has 0 saturated heterocycles. The Kier molecular flexibility index (Phi) is 2.95. The molecule has 1 aliphatic carbocycles. The topological polar surface area (TPSA) is 93.9 Å². The molecule has 102 valence electrons. The second-order valence-electron chi connectivity index (χ2n) is 4.63. The molecule has 0 unspecified atom stereocenters. The second kappa shape index (κ2) is 4.79. The largest absolute Gasteiger partial charge is 0.327 e. The third-order valence-electron chi connectivity index (χ3n) is 3.55. The van der Waals surface area contributed by atoms with E-state index in [0.29, 0.717) is 35.0 Å². The van der Waals surface area contributed by atoms with Gasteiger partial charge in [0, 0.05) is 27.8 Å². The Bertz CT molecular complexity index is 809. The maximum Gasteiger partial charge on any atom is 0.211 e. The SMILES string of the molecule is N=C1c2ccccc2C(=N)c2c1ccc(C=O)c2NC=O. The summed E-state index contributed by atoms with van der Waals surface area (Å²) < 4.78 is 0. The van der Waals surface area contributed by atoms with Crippen LogP contribution in [0.2, 0.25) is 0 Å². The third kappa shape index (κ3) is 1.79. The van der Waals surface area contributed by atoms with Crippen molar-refractivity contribution in [1.82, 2.24) is 0 Å². The third-order valence-corrected chi connectivity index (χ3v) is 3.55. The number of aldehydes is 1. The summed E-state index contributed by atoms with van der Waals surface area (Å²) in [6.45, 7) is 0. The lowest BCUT2D eigenvalue weighted by Gasteiger charge is -2.24. The number of benzene rings is 2. The lowest BCUT2D eigenvalue weighted by Crippen LogP contribution is -2.23. The zero-order chi connectivity index (χ0) is 15.0. The first-order valence-corrected chi connectivity index (χ1v) is 6.29. The summed E-state index contributed by atoms with van der Waals surface area (Å²) in [6.07, 6.45) is 1.10. The molecule has 0 heterocycles. The number of hydrogen-bond acceptors (Lipinski definition) is 4. The average molecular weight is 277 g/mol. The molecule has 1 amide bonds. The van der Waals surface area contributed by atoms with E-state index in [2.05, 4.69) is 5.32 Å². The smallest absolute Gasteiger partial charge is 0.211 e. The molecule has 3 rings (SSSR count). The highest BCUT2D eigenvalue weighted by Crippen LogP contribution is 2.33. The maximum atomic E-state index is 11.1. The van der Waals surface area contributed by atoms with Gasteiger partial charge in [0.2, 0.25) is 6.41 Å². The van der Waals surface area contributed by atoms with Crippen LogP contribution in [0.25, 0.3) is 0 Å². The molecule has 0 fully saturated rings. The van der Waals surface area contributed by atoms with E-state index in [1.54, 1.807) is 30.3 Å². The molecule has 21 heavy (non-hydrogen) atoms. The van der Waals surface area contributed by atoms with Gasteiger partial charge in [-0.3, -0.25) is 20.4 Å². The van der Waals surface area contributed by atoms with Crippen molar-refractivity contribution in [3.05, 3.63) is 64.2 Å². The number of nitrogens with one attached hydrogen (secondary N) is 3. The molecule has 0 spiro atoms. The molecule has 3 N–H and O–H groups in total. The van der Waals surface area contributed by atoms with Crippen molar-refractivity contribution >= 4 is 29.8 Å². The predicted molar refractivity (Wildman–Crippen MR) is 79.8 cm³/mol. The van der Waals surface area contributed by atoms with E-state index in [0.717, 1.165) is 0 Å². The van der Waals surface area contributed by atoms with Crippen LogP contribution in [0.1, 0.15) is 32.6 Å². The standard InChI is InChI=1S/C16H11N3O2/c17-14-10-3-1-2-4-11(10)15(18)13-12(14)6-5-9(7-20)16(13)19-8-21/h1-8,17-18H,(H,19,21). The average Bonchev–Trinajstić information content (AvgIpc) is 2.52. The van der Waals surface area contributed by atoms with Crippen molar-refractivity contribution in [3.8, 4) is 0 Å². The van der Waals surface area contributed by atoms with Gasteiger partial charge in [0.25, 0.3) is 0 Å². The number of carbonyl (C=O) groups excluding carboxylic acids is 2. The van der Waals surface area contributed by atoms with Crippen molar-refractivity contribution in [2.45, 2.75) is 0 Å². The Morgan fingerprint density at radius 1 is 0.857 bits per heavy atom. The summed E-state index contributed by atoms with van der Waals surface area (Å²) in [6, 6.07) is 10.3. The summed E-state index contributed by atoms with van der Waals surface area (Å²) in [5.41, 5.74) is 3.29. The number of amides is 1. The van der Waals surface area contributed by atoms with Crippen LogP contribution in [-0.2, 0) is 4.79 Å². The predicted octanol–water partition coefficient (Wildman–Crippen LogP) is 2.21. The number of fused-ring (bicyclic) bond motifs is 2. The minimum absolute atomic E-state index is 0.199. The lowest BCUT2D eigenvalue weighted by molar-refractivity contribution is -0.105. The van der Waals surface area contributed by atoms with Gasteiger partial charge in [-0.15, -0.1) is 0 Å². The Hall–Kier alpha value is -3.08. The zero-order valence-electron chi connectivity index (χ0n) is 10.9. The zero-order valence-corrected chi connectivity index (χ0v) is 10.9. The van der Waals surface area contributed by atoms with Crippen LogP contribution < -0.4 is 5.32 Å². The first-order chi connectivity index (χ1) is 10.2. The summed E-state index contributed by atoms with van der Waals surface area (Å²) in [7, 11) is 0. The van der Waals surface area contributed by atoms with Crippen LogP contribution in [0.5, 0.6) is 0 Å². The fraction of sp³-hybridized carbons (Fsp3) is 0. The van der Waals surface area contributed by atoms with Crippen molar-refractivity contribution in [1.29, 1.82) is 10.8 Å². The van der Waals surface area contributed by atoms with Crippen LogP contribution in [0.15, 0.2) is 36.4 Å². The van der Waals surface area contributed by atoms with Crippen LogP contribution in [0.4, 0.5) is 5.69 Å². The summed E-state index contributed by atoms with van der Waals surface area (Å²) >= 11 is 0. The van der Waals surface area contributed by atoms with Gasteiger partial charge in [0.15, 0.2) is 6.29 Å². The minimum Gasteiger partial charge on any atom is -0.327 e. The van der Waals surface area contributed by atoms with Crippen LogP contribution in [0, 0.1) is 10.8 Å². The van der Waals surface area contributed by atoms with E-state index in [1.807, 2.05) is 6.07 Å². The fourth-order valence-corrected chi connectivity index (χ4v) is 2.60. The lowest BCUT2D eigenvalue weighted by atomic mass is 9.81. The van der Waals surface area contributed by atoms with E-state index < -0.39 is 0 Å². The highest BCUT2D eigenvalue weighted by Gasteiger charge is 2.28. The molecule has 0 saturated carbocycles. The molecule has 1 aliphatic rings. The van der Waals surface area contributed by atoms with E-state index in [1.165, 1.54) is 0 Å². The molecule has 0 bridgehead atoms. The molecule has 2 aromatic rings. The molecule has 5 heteroatoms. The monoisotopic (exact) mass is 277 g/mol. The second-order valence-corrected chi connectivity index (χ2v) is 4.63. The molecular formula is C16H11N3O2. The highest BCUT2D eigenvalue weighted by atomic mass is 16.1. The number of rotatable bonds is 3. The molecule has 0 aliphatic heterocycles. The Balaban J connectivity index is 2.35. The van der Waals surface area contributed by atoms with Gasteiger partial charge >= 0.3 is 0 Å². The number of hydrogen-bond donors (Lipinski definition) is 3. The molecule has 0 atom stereocenters. The fourth-order valence-electron chi connectivity index (χ4n) is 2.60. The molecule has 0 aromatic heterocycles. The van der Waals surface area contributed by atoms with E-state index in [4.69, 9.17) is 10.8 Å². The van der Waals surface area contributed by atoms with Crippen LogP contribution in [0.3, 0.4) is 0 Å². The van der Waals surface area contributed by atoms with Crippen LogP contribution >= 0.6 is 0 Å². The Labute approximate surface area is 120 Å².